The van der Waals surface area contributed by atoms with Crippen LogP contribution in [0.4, 0.5) is 0 Å². The highest BCUT2D eigenvalue weighted by molar-refractivity contribution is 6.07. The third kappa shape index (κ3) is 4.28. The minimum atomic E-state index is 0.661. The third-order valence-corrected chi connectivity index (χ3v) is 4.34. The van der Waals surface area contributed by atoms with Gasteiger partial charge in [0.25, 0.3) is 0 Å². The molecular weight excluding hydrogens is 312 g/mol. The lowest BCUT2D eigenvalue weighted by molar-refractivity contribution is 0.196. The van der Waals surface area contributed by atoms with Crippen LogP contribution in [0.5, 0.6) is 5.88 Å². The number of ether oxygens (including phenoxy) is 1. The molecule has 3 rings (SSSR count). The molecule has 0 aliphatic heterocycles. The van der Waals surface area contributed by atoms with Crippen LogP contribution in [0.15, 0.2) is 60.8 Å². The number of hydrogen-bond acceptors (Lipinski definition) is 4. The van der Waals surface area contributed by atoms with Crippen LogP contribution in [-0.4, -0.2) is 16.8 Å². The van der Waals surface area contributed by atoms with Gasteiger partial charge in [0, 0.05) is 16.5 Å². The van der Waals surface area contributed by atoms with Crippen molar-refractivity contribution in [3.8, 4) is 5.88 Å². The summed E-state index contributed by atoms with van der Waals surface area (Å²) in [7, 11) is 0. The van der Waals surface area contributed by atoms with Crippen LogP contribution < -0.4 is 10.2 Å². The zero-order valence-corrected chi connectivity index (χ0v) is 14.4. The number of fused-ring (bicyclic) bond motifs is 3. The van der Waals surface area contributed by atoms with Gasteiger partial charge in [-0.2, -0.15) is 0 Å². The third-order valence-electron chi connectivity index (χ3n) is 4.34. The van der Waals surface area contributed by atoms with E-state index >= 15 is 0 Å². The number of hydroxylamine groups is 1. The standard InChI is InChI=1S/C21H24N2O2/c1-16(23-24)10-4-2-3-9-15-25-21-19-13-6-5-11-17(19)18-12-7-8-14-20(18)22-21/h5-8,11-14,23-24H,1-4,9-10,15H2. The highest BCUT2D eigenvalue weighted by Gasteiger charge is 2.08. The van der Waals surface area contributed by atoms with Crippen molar-refractivity contribution in [2.45, 2.75) is 32.1 Å². The van der Waals surface area contributed by atoms with Crippen LogP contribution in [-0.2, 0) is 0 Å². The summed E-state index contributed by atoms with van der Waals surface area (Å²) in [4.78, 5) is 4.70. The van der Waals surface area contributed by atoms with E-state index in [-0.39, 0.29) is 0 Å². The Morgan fingerprint density at radius 1 is 0.920 bits per heavy atom. The van der Waals surface area contributed by atoms with E-state index in [1.165, 1.54) is 5.39 Å². The lowest BCUT2D eigenvalue weighted by Gasteiger charge is -2.11. The predicted molar refractivity (Wildman–Crippen MR) is 102 cm³/mol. The number of pyridine rings is 1. The summed E-state index contributed by atoms with van der Waals surface area (Å²) in [6, 6.07) is 16.4. The van der Waals surface area contributed by atoms with Gasteiger partial charge in [-0.3, -0.25) is 10.7 Å². The topological polar surface area (TPSA) is 54.4 Å². The molecule has 1 heterocycles. The molecule has 0 fully saturated rings. The number of nitrogens with one attached hydrogen (secondary N) is 1. The average Bonchev–Trinajstić information content (AvgIpc) is 2.67. The van der Waals surface area contributed by atoms with Gasteiger partial charge in [-0.05, 0) is 36.8 Å². The van der Waals surface area contributed by atoms with Crippen LogP contribution in [0.1, 0.15) is 32.1 Å². The number of para-hydroxylation sites is 1. The van der Waals surface area contributed by atoms with Gasteiger partial charge in [-0.1, -0.05) is 55.8 Å². The van der Waals surface area contributed by atoms with Crippen LogP contribution in [0, 0.1) is 0 Å². The summed E-state index contributed by atoms with van der Waals surface area (Å²) in [6.45, 7) is 4.37. The summed E-state index contributed by atoms with van der Waals surface area (Å²) < 4.78 is 6.00. The Morgan fingerprint density at radius 2 is 1.60 bits per heavy atom. The molecule has 0 saturated heterocycles. The second-order valence-electron chi connectivity index (χ2n) is 6.21. The molecule has 25 heavy (non-hydrogen) atoms. The van der Waals surface area contributed by atoms with Gasteiger partial charge in [-0.15, -0.1) is 0 Å². The molecule has 2 N–H and O–H groups in total. The van der Waals surface area contributed by atoms with Gasteiger partial charge < -0.3 is 4.74 Å². The molecule has 0 unspecified atom stereocenters. The van der Waals surface area contributed by atoms with Crippen molar-refractivity contribution < 1.29 is 9.94 Å². The molecule has 4 nitrogen and oxygen atoms in total. The molecule has 0 bridgehead atoms. The Morgan fingerprint density at radius 3 is 2.40 bits per heavy atom. The Hall–Kier alpha value is -2.59. The van der Waals surface area contributed by atoms with E-state index in [0.29, 0.717) is 18.2 Å². The maximum atomic E-state index is 8.69. The highest BCUT2D eigenvalue weighted by atomic mass is 16.5. The number of aromatic nitrogens is 1. The number of rotatable bonds is 9. The molecule has 1 aromatic heterocycles. The van der Waals surface area contributed by atoms with Gasteiger partial charge in [0.2, 0.25) is 5.88 Å². The maximum Gasteiger partial charge on any atom is 0.221 e. The molecule has 0 amide bonds. The molecular formula is C21H24N2O2. The molecule has 130 valence electrons. The molecule has 0 radical (unpaired) electrons. The fourth-order valence-corrected chi connectivity index (χ4v) is 3.00. The van der Waals surface area contributed by atoms with Crippen LogP contribution >= 0.6 is 0 Å². The van der Waals surface area contributed by atoms with E-state index in [9.17, 15) is 0 Å². The molecule has 0 aliphatic carbocycles. The van der Waals surface area contributed by atoms with Crippen molar-refractivity contribution in [1.29, 1.82) is 0 Å². The first-order valence-corrected chi connectivity index (χ1v) is 8.78. The summed E-state index contributed by atoms with van der Waals surface area (Å²) in [5, 5.41) is 12.1. The van der Waals surface area contributed by atoms with Crippen molar-refractivity contribution in [3.05, 3.63) is 60.8 Å². The zero-order valence-electron chi connectivity index (χ0n) is 14.4. The SMILES string of the molecule is C=C(CCCCCCOc1nc2ccccc2c2ccccc12)NO. The summed E-state index contributed by atoms with van der Waals surface area (Å²) in [6.07, 6.45) is 4.99. The van der Waals surface area contributed by atoms with Gasteiger partial charge >= 0.3 is 0 Å². The van der Waals surface area contributed by atoms with Crippen molar-refractivity contribution in [2.24, 2.45) is 0 Å². The predicted octanol–water partition coefficient (Wildman–Crippen LogP) is 5.21. The Bertz CT molecular complexity index is 861. The summed E-state index contributed by atoms with van der Waals surface area (Å²) in [5.41, 5.74) is 3.73. The average molecular weight is 336 g/mol. The van der Waals surface area contributed by atoms with Crippen molar-refractivity contribution in [1.82, 2.24) is 10.5 Å². The quantitative estimate of drug-likeness (QED) is 0.320. The van der Waals surface area contributed by atoms with Crippen molar-refractivity contribution in [2.75, 3.05) is 6.61 Å². The molecule has 4 heteroatoms. The van der Waals surface area contributed by atoms with E-state index in [2.05, 4.69) is 30.3 Å². The number of nitrogens with zero attached hydrogens (tertiary/aromatic N) is 1. The molecule has 0 atom stereocenters. The van der Waals surface area contributed by atoms with Gasteiger partial charge in [0.1, 0.15) is 0 Å². The second-order valence-corrected chi connectivity index (χ2v) is 6.21. The lowest BCUT2D eigenvalue weighted by Crippen LogP contribution is -2.04. The molecule has 0 aliphatic rings. The Kier molecular flexibility index (Phi) is 5.86. The van der Waals surface area contributed by atoms with E-state index in [4.69, 9.17) is 14.9 Å². The number of hydrogen-bond donors (Lipinski definition) is 2. The molecule has 0 spiro atoms. The van der Waals surface area contributed by atoms with Crippen LogP contribution in [0.25, 0.3) is 21.7 Å². The zero-order chi connectivity index (χ0) is 17.5. The fourth-order valence-electron chi connectivity index (χ4n) is 3.00. The fraction of sp³-hybridized carbons (Fsp3) is 0.286. The second kappa shape index (κ2) is 8.49. The highest BCUT2D eigenvalue weighted by Crippen LogP contribution is 2.30. The minimum Gasteiger partial charge on any atom is -0.477 e. The summed E-state index contributed by atoms with van der Waals surface area (Å²) in [5.74, 6) is 0.715. The van der Waals surface area contributed by atoms with E-state index < -0.39 is 0 Å². The van der Waals surface area contributed by atoms with Gasteiger partial charge in [-0.25, -0.2) is 4.98 Å². The molecule has 2 aromatic carbocycles. The maximum absolute atomic E-state index is 8.69. The van der Waals surface area contributed by atoms with Crippen molar-refractivity contribution in [3.63, 3.8) is 0 Å². The van der Waals surface area contributed by atoms with Gasteiger partial charge in [0.05, 0.1) is 12.1 Å². The smallest absolute Gasteiger partial charge is 0.221 e. The first kappa shape index (κ1) is 17.2. The Balaban J connectivity index is 1.60. The largest absolute Gasteiger partial charge is 0.477 e. The normalized spacial score (nSPS) is 10.9. The lowest BCUT2D eigenvalue weighted by atomic mass is 10.1. The summed E-state index contributed by atoms with van der Waals surface area (Å²) >= 11 is 0. The number of unbranched alkanes of at least 4 members (excludes halogenated alkanes) is 3. The monoisotopic (exact) mass is 336 g/mol. The first-order chi connectivity index (χ1) is 12.3. The van der Waals surface area contributed by atoms with Crippen LogP contribution in [0.2, 0.25) is 0 Å². The van der Waals surface area contributed by atoms with Gasteiger partial charge in [0.15, 0.2) is 0 Å². The van der Waals surface area contributed by atoms with Crippen molar-refractivity contribution >= 4 is 21.7 Å². The number of benzene rings is 2. The Labute approximate surface area is 148 Å². The van der Waals surface area contributed by atoms with E-state index in [1.54, 1.807) is 0 Å². The molecule has 0 saturated carbocycles. The first-order valence-electron chi connectivity index (χ1n) is 8.78. The van der Waals surface area contributed by atoms with E-state index in [1.807, 2.05) is 30.3 Å². The molecule has 3 aromatic rings. The van der Waals surface area contributed by atoms with Crippen LogP contribution in [0.3, 0.4) is 0 Å². The van der Waals surface area contributed by atoms with E-state index in [0.717, 1.165) is 48.4 Å². The number of allylic oxidation sites excluding steroid dienone is 1. The minimum absolute atomic E-state index is 0.661.